The first-order valence-corrected chi connectivity index (χ1v) is 13.7. The maximum Gasteiger partial charge on any atom is 0.264 e. The Morgan fingerprint density at radius 2 is 1.91 bits per heavy atom. The first-order valence-electron chi connectivity index (χ1n) is 12.5. The van der Waals surface area contributed by atoms with Crippen LogP contribution in [0.4, 0.5) is 4.39 Å². The van der Waals surface area contributed by atoms with Gasteiger partial charge in [0.1, 0.15) is 29.2 Å². The summed E-state index contributed by atoms with van der Waals surface area (Å²) in [6.07, 6.45) is 5.71. The van der Waals surface area contributed by atoms with Crippen LogP contribution in [0.15, 0.2) is 30.3 Å². The number of rotatable bonds is 11. The van der Waals surface area contributed by atoms with Crippen LogP contribution in [0.3, 0.4) is 0 Å². The second kappa shape index (κ2) is 12.0. The van der Waals surface area contributed by atoms with Gasteiger partial charge in [0.25, 0.3) is 5.91 Å². The SMILES string of the molecule is CCOc1ccc(CN2CCCC(Oc3cc(F)c(C(=O)NSC)cc3C3CC3)C2)c(OCC)c1. The van der Waals surface area contributed by atoms with Crippen molar-refractivity contribution in [3.63, 3.8) is 0 Å². The maximum absolute atomic E-state index is 14.8. The minimum Gasteiger partial charge on any atom is -0.494 e. The van der Waals surface area contributed by atoms with E-state index in [9.17, 15) is 9.18 Å². The predicted molar refractivity (Wildman–Crippen MR) is 137 cm³/mol. The summed E-state index contributed by atoms with van der Waals surface area (Å²) in [5.41, 5.74) is 2.14. The van der Waals surface area contributed by atoms with Gasteiger partial charge < -0.3 is 14.2 Å². The fraction of sp³-hybridized carbons (Fsp3) is 0.519. The van der Waals surface area contributed by atoms with Crippen molar-refractivity contribution in [2.24, 2.45) is 0 Å². The largest absolute Gasteiger partial charge is 0.494 e. The molecule has 1 aliphatic heterocycles. The molecule has 2 fully saturated rings. The van der Waals surface area contributed by atoms with Crippen molar-refractivity contribution in [1.29, 1.82) is 0 Å². The molecule has 0 aromatic heterocycles. The molecule has 1 amide bonds. The van der Waals surface area contributed by atoms with Gasteiger partial charge in [-0.05, 0) is 69.7 Å². The molecule has 190 valence electrons. The smallest absolute Gasteiger partial charge is 0.264 e. The number of ether oxygens (including phenoxy) is 3. The zero-order valence-corrected chi connectivity index (χ0v) is 21.6. The second-order valence-electron chi connectivity index (χ2n) is 9.03. The van der Waals surface area contributed by atoms with Crippen molar-refractivity contribution in [2.45, 2.75) is 58.1 Å². The normalized spacial score (nSPS) is 18.2. The van der Waals surface area contributed by atoms with E-state index in [1.165, 1.54) is 6.07 Å². The summed E-state index contributed by atoms with van der Waals surface area (Å²) in [5, 5.41) is 0. The Morgan fingerprint density at radius 1 is 1.11 bits per heavy atom. The van der Waals surface area contributed by atoms with Crippen molar-refractivity contribution >= 4 is 17.9 Å². The molecule has 2 aromatic rings. The number of benzene rings is 2. The monoisotopic (exact) mass is 502 g/mol. The van der Waals surface area contributed by atoms with E-state index in [0.717, 1.165) is 79.9 Å². The Morgan fingerprint density at radius 3 is 2.63 bits per heavy atom. The van der Waals surface area contributed by atoms with E-state index in [4.69, 9.17) is 14.2 Å². The Balaban J connectivity index is 1.46. The van der Waals surface area contributed by atoms with E-state index in [0.29, 0.717) is 24.9 Å². The first kappa shape index (κ1) is 25.6. The highest BCUT2D eigenvalue weighted by atomic mass is 32.2. The average molecular weight is 503 g/mol. The molecule has 1 heterocycles. The van der Waals surface area contributed by atoms with Crippen LogP contribution in [-0.2, 0) is 6.54 Å². The van der Waals surface area contributed by atoms with Gasteiger partial charge in [-0.1, -0.05) is 18.0 Å². The molecule has 4 rings (SSSR count). The number of carbonyl (C=O) groups is 1. The molecule has 1 aliphatic carbocycles. The number of halogens is 1. The van der Waals surface area contributed by atoms with Crippen LogP contribution in [-0.4, -0.2) is 49.5 Å². The second-order valence-corrected chi connectivity index (χ2v) is 9.64. The highest BCUT2D eigenvalue weighted by molar-refractivity contribution is 7.97. The van der Waals surface area contributed by atoms with E-state index in [1.807, 2.05) is 26.0 Å². The van der Waals surface area contributed by atoms with E-state index in [-0.39, 0.29) is 11.7 Å². The fourth-order valence-corrected chi connectivity index (χ4v) is 4.89. The van der Waals surface area contributed by atoms with Crippen molar-refractivity contribution < 1.29 is 23.4 Å². The lowest BCUT2D eigenvalue weighted by atomic mass is 10.0. The number of hydrogen-bond donors (Lipinski definition) is 1. The Labute approximate surface area is 211 Å². The number of piperidine rings is 1. The molecule has 8 heteroatoms. The van der Waals surface area contributed by atoms with Gasteiger partial charge in [-0.2, -0.15) is 0 Å². The van der Waals surface area contributed by atoms with Crippen molar-refractivity contribution in [1.82, 2.24) is 9.62 Å². The van der Waals surface area contributed by atoms with Crippen LogP contribution in [0, 0.1) is 5.82 Å². The highest BCUT2D eigenvalue weighted by Crippen LogP contribution is 2.45. The highest BCUT2D eigenvalue weighted by Gasteiger charge is 2.31. The van der Waals surface area contributed by atoms with Crippen LogP contribution >= 0.6 is 11.9 Å². The molecular formula is C27H35FN2O4S. The summed E-state index contributed by atoms with van der Waals surface area (Å²) < 4.78 is 35.3. The number of likely N-dealkylation sites (tertiary alicyclic amines) is 1. The van der Waals surface area contributed by atoms with Crippen LogP contribution < -0.4 is 18.9 Å². The summed E-state index contributed by atoms with van der Waals surface area (Å²) in [7, 11) is 0. The summed E-state index contributed by atoms with van der Waals surface area (Å²) >= 11 is 1.16. The molecule has 1 atom stereocenters. The van der Waals surface area contributed by atoms with Gasteiger partial charge in [0.2, 0.25) is 0 Å². The zero-order chi connectivity index (χ0) is 24.8. The van der Waals surface area contributed by atoms with E-state index in [2.05, 4.69) is 15.7 Å². The third-order valence-electron chi connectivity index (χ3n) is 6.36. The van der Waals surface area contributed by atoms with Crippen molar-refractivity contribution in [3.05, 3.63) is 52.8 Å². The van der Waals surface area contributed by atoms with Crippen LogP contribution in [0.2, 0.25) is 0 Å². The Hall–Kier alpha value is -2.45. The Bertz CT molecular complexity index is 1030. The standard InChI is InChI=1S/C27H35FN2O4S/c1-4-32-20-11-10-19(25(13-20)33-5-2)16-30-12-6-7-21(17-30)34-26-15-24(28)23(27(31)29-35-3)14-22(26)18-8-9-18/h10-11,13-15,18,21H,4-9,12,16-17H2,1-3H3,(H,29,31). The number of amides is 1. The third kappa shape index (κ3) is 6.61. The summed E-state index contributed by atoms with van der Waals surface area (Å²) in [4.78, 5) is 14.6. The third-order valence-corrected chi connectivity index (χ3v) is 6.74. The lowest BCUT2D eigenvalue weighted by molar-refractivity contribution is 0.0826. The number of carbonyl (C=O) groups excluding carboxylic acids is 1. The van der Waals surface area contributed by atoms with Gasteiger partial charge in [0, 0.05) is 37.0 Å². The van der Waals surface area contributed by atoms with E-state index < -0.39 is 11.7 Å². The van der Waals surface area contributed by atoms with Crippen LogP contribution in [0.5, 0.6) is 17.2 Å². The molecule has 1 saturated heterocycles. The molecule has 1 unspecified atom stereocenters. The van der Waals surface area contributed by atoms with Crippen molar-refractivity contribution in [3.8, 4) is 17.2 Å². The van der Waals surface area contributed by atoms with Gasteiger partial charge in [0.15, 0.2) is 0 Å². The van der Waals surface area contributed by atoms with Gasteiger partial charge in [-0.25, -0.2) is 4.39 Å². The summed E-state index contributed by atoms with van der Waals surface area (Å²) in [5.74, 6) is 1.62. The van der Waals surface area contributed by atoms with E-state index >= 15 is 0 Å². The predicted octanol–water partition coefficient (Wildman–Crippen LogP) is 5.55. The molecule has 35 heavy (non-hydrogen) atoms. The quantitative estimate of drug-likeness (QED) is 0.407. The number of nitrogens with zero attached hydrogens (tertiary/aromatic N) is 1. The summed E-state index contributed by atoms with van der Waals surface area (Å²) in [6.45, 7) is 7.62. The molecule has 0 spiro atoms. The van der Waals surface area contributed by atoms with Gasteiger partial charge in [-0.3, -0.25) is 14.4 Å². The maximum atomic E-state index is 14.8. The topological polar surface area (TPSA) is 60.0 Å². The number of hydrogen-bond acceptors (Lipinski definition) is 6. The van der Waals surface area contributed by atoms with Gasteiger partial charge in [0.05, 0.1) is 18.8 Å². The molecule has 2 aromatic carbocycles. The average Bonchev–Trinajstić information content (AvgIpc) is 3.67. The van der Waals surface area contributed by atoms with Gasteiger partial charge in [-0.15, -0.1) is 0 Å². The van der Waals surface area contributed by atoms with Crippen LogP contribution in [0.1, 0.15) is 66.9 Å². The van der Waals surface area contributed by atoms with Crippen molar-refractivity contribution in [2.75, 3.05) is 32.6 Å². The molecule has 0 bridgehead atoms. The van der Waals surface area contributed by atoms with Gasteiger partial charge >= 0.3 is 0 Å². The number of nitrogens with one attached hydrogen (secondary N) is 1. The first-order chi connectivity index (χ1) is 17.0. The molecule has 2 aliphatic rings. The summed E-state index contributed by atoms with van der Waals surface area (Å²) in [6, 6.07) is 9.10. The lowest BCUT2D eigenvalue weighted by Crippen LogP contribution is -2.40. The molecular weight excluding hydrogens is 467 g/mol. The van der Waals surface area contributed by atoms with Crippen LogP contribution in [0.25, 0.3) is 0 Å². The molecule has 1 N–H and O–H groups in total. The minimum absolute atomic E-state index is 0.0373. The molecule has 6 nitrogen and oxygen atoms in total. The fourth-order valence-electron chi connectivity index (χ4n) is 4.59. The minimum atomic E-state index is -0.542. The zero-order valence-electron chi connectivity index (χ0n) is 20.8. The molecule has 0 radical (unpaired) electrons. The lowest BCUT2D eigenvalue weighted by Gasteiger charge is -2.33. The van der Waals surface area contributed by atoms with E-state index in [1.54, 1.807) is 12.3 Å². The Kier molecular flexibility index (Phi) is 8.78. The molecule has 1 saturated carbocycles.